The molecule has 1 unspecified atom stereocenters. The number of unbranched alkanes of at least 4 members (excludes halogenated alkanes) is 1. The van der Waals surface area contributed by atoms with Crippen molar-refractivity contribution < 1.29 is 4.79 Å². The zero-order valence-corrected chi connectivity index (χ0v) is 8.99. The van der Waals surface area contributed by atoms with Gasteiger partial charge in [0.05, 0.1) is 5.92 Å². The predicted molar refractivity (Wildman–Crippen MR) is 57.0 cm³/mol. The first-order chi connectivity index (χ1) is 6.25. The molecule has 0 spiro atoms. The largest absolute Gasteiger partial charge is 0.272 e. The zero-order valence-electron chi connectivity index (χ0n) is 8.17. The molecule has 74 valence electrons. The molecule has 1 heterocycles. The minimum Gasteiger partial charge on any atom is -0.272 e. The van der Waals surface area contributed by atoms with Gasteiger partial charge in [-0.2, -0.15) is 16.9 Å². The van der Waals surface area contributed by atoms with Crippen molar-refractivity contribution in [2.24, 2.45) is 11.0 Å². The lowest BCUT2D eigenvalue weighted by Crippen LogP contribution is -2.24. The Morgan fingerprint density at radius 3 is 2.92 bits per heavy atom. The molecule has 0 bridgehead atoms. The molecule has 1 aliphatic rings. The van der Waals surface area contributed by atoms with E-state index in [2.05, 4.69) is 17.5 Å². The van der Waals surface area contributed by atoms with E-state index in [0.717, 1.165) is 17.2 Å². The summed E-state index contributed by atoms with van der Waals surface area (Å²) < 4.78 is 0. The smallest absolute Gasteiger partial charge is 0.249 e. The fourth-order valence-electron chi connectivity index (χ4n) is 1.13. The van der Waals surface area contributed by atoms with Crippen molar-refractivity contribution in [2.45, 2.75) is 26.7 Å². The van der Waals surface area contributed by atoms with Crippen LogP contribution < -0.4 is 5.43 Å². The molecule has 0 radical (unpaired) electrons. The monoisotopic (exact) mass is 200 g/mol. The minimum atomic E-state index is 0.0156. The van der Waals surface area contributed by atoms with Crippen LogP contribution in [0.1, 0.15) is 26.7 Å². The van der Waals surface area contributed by atoms with Crippen LogP contribution in [-0.4, -0.2) is 23.1 Å². The van der Waals surface area contributed by atoms with Crippen LogP contribution in [0.5, 0.6) is 0 Å². The molecular weight excluding hydrogens is 184 g/mol. The molecule has 1 aliphatic heterocycles. The van der Waals surface area contributed by atoms with Gasteiger partial charge < -0.3 is 0 Å². The fourth-order valence-corrected chi connectivity index (χ4v) is 2.42. The van der Waals surface area contributed by atoms with Crippen LogP contribution in [0, 0.1) is 5.92 Å². The summed E-state index contributed by atoms with van der Waals surface area (Å²) in [5.74, 6) is 2.10. The van der Waals surface area contributed by atoms with E-state index in [1.54, 1.807) is 0 Å². The highest BCUT2D eigenvalue weighted by atomic mass is 32.2. The Labute approximate surface area is 83.4 Å². The van der Waals surface area contributed by atoms with Crippen molar-refractivity contribution in [1.82, 2.24) is 5.43 Å². The number of amides is 1. The van der Waals surface area contributed by atoms with Gasteiger partial charge in [0.25, 0.3) is 0 Å². The van der Waals surface area contributed by atoms with Crippen LogP contribution in [-0.2, 0) is 4.79 Å². The number of nitrogens with zero attached hydrogens (tertiary/aromatic N) is 1. The third-order valence-corrected chi connectivity index (χ3v) is 3.24. The minimum absolute atomic E-state index is 0.0156. The number of carbonyl (C=O) groups excluding carboxylic acids is 1. The topological polar surface area (TPSA) is 41.5 Å². The number of thioether (sulfide) groups is 1. The molecule has 1 atom stereocenters. The molecular formula is C9H16N2OS. The molecule has 0 aromatic carbocycles. The number of rotatable bonds is 5. The molecule has 3 nitrogen and oxygen atoms in total. The Hall–Kier alpha value is -0.510. The van der Waals surface area contributed by atoms with Crippen molar-refractivity contribution in [3.8, 4) is 0 Å². The first kappa shape index (κ1) is 10.6. The van der Waals surface area contributed by atoms with Gasteiger partial charge in [-0.05, 0) is 19.1 Å². The number of nitrogens with one attached hydrogen (secondary N) is 1. The van der Waals surface area contributed by atoms with Gasteiger partial charge in [0.2, 0.25) is 5.91 Å². The van der Waals surface area contributed by atoms with E-state index < -0.39 is 0 Å². The maximum atomic E-state index is 11.2. The standard InChI is InChI=1S/C9H16N2OS/c1-3-4-5-13-6-8-7(2)10-11-9(8)12/h8H,3-6H2,1-2H3,(H,11,12). The van der Waals surface area contributed by atoms with Crippen LogP contribution >= 0.6 is 11.8 Å². The van der Waals surface area contributed by atoms with E-state index >= 15 is 0 Å². The Morgan fingerprint density at radius 1 is 1.62 bits per heavy atom. The van der Waals surface area contributed by atoms with E-state index in [0.29, 0.717) is 0 Å². The van der Waals surface area contributed by atoms with Crippen LogP contribution in [0.25, 0.3) is 0 Å². The van der Waals surface area contributed by atoms with E-state index in [1.165, 1.54) is 12.8 Å². The first-order valence-electron chi connectivity index (χ1n) is 4.67. The van der Waals surface area contributed by atoms with Gasteiger partial charge in [-0.1, -0.05) is 13.3 Å². The maximum Gasteiger partial charge on any atom is 0.249 e. The summed E-state index contributed by atoms with van der Waals surface area (Å²) >= 11 is 1.84. The van der Waals surface area contributed by atoms with Crippen molar-refractivity contribution in [3.63, 3.8) is 0 Å². The van der Waals surface area contributed by atoms with E-state index in [4.69, 9.17) is 0 Å². The second kappa shape index (κ2) is 5.27. The molecule has 1 rings (SSSR count). The van der Waals surface area contributed by atoms with Gasteiger partial charge in [-0.15, -0.1) is 0 Å². The summed E-state index contributed by atoms with van der Waals surface area (Å²) in [7, 11) is 0. The predicted octanol–water partition coefficient (Wildman–Crippen LogP) is 1.64. The second-order valence-electron chi connectivity index (χ2n) is 3.21. The van der Waals surface area contributed by atoms with Gasteiger partial charge in [-0.25, -0.2) is 5.43 Å². The molecule has 0 saturated heterocycles. The molecule has 0 aromatic rings. The number of hydrogen-bond donors (Lipinski definition) is 1. The Balaban J connectivity index is 2.20. The SMILES string of the molecule is CCCCSCC1C(=O)NN=C1C. The van der Waals surface area contributed by atoms with E-state index in [9.17, 15) is 4.79 Å². The number of hydrogen-bond acceptors (Lipinski definition) is 3. The van der Waals surface area contributed by atoms with Crippen molar-refractivity contribution in [2.75, 3.05) is 11.5 Å². The highest BCUT2D eigenvalue weighted by Gasteiger charge is 2.26. The maximum absolute atomic E-state index is 11.2. The summed E-state index contributed by atoms with van der Waals surface area (Å²) in [5.41, 5.74) is 3.42. The first-order valence-corrected chi connectivity index (χ1v) is 5.83. The van der Waals surface area contributed by atoms with Gasteiger partial charge in [0.15, 0.2) is 0 Å². The van der Waals surface area contributed by atoms with Crippen LogP contribution in [0.3, 0.4) is 0 Å². The van der Waals surface area contributed by atoms with E-state index in [-0.39, 0.29) is 11.8 Å². The van der Waals surface area contributed by atoms with Crippen molar-refractivity contribution >= 4 is 23.4 Å². The third kappa shape index (κ3) is 3.03. The van der Waals surface area contributed by atoms with Crippen LogP contribution in [0.2, 0.25) is 0 Å². The molecule has 0 fully saturated rings. The van der Waals surface area contributed by atoms with Gasteiger partial charge in [0, 0.05) is 11.5 Å². The quantitative estimate of drug-likeness (QED) is 0.685. The summed E-state index contributed by atoms with van der Waals surface area (Å²) in [4.78, 5) is 11.2. The van der Waals surface area contributed by atoms with Crippen molar-refractivity contribution in [3.05, 3.63) is 0 Å². The Morgan fingerprint density at radius 2 is 2.38 bits per heavy atom. The zero-order chi connectivity index (χ0) is 9.68. The lowest BCUT2D eigenvalue weighted by Gasteiger charge is -2.06. The van der Waals surface area contributed by atoms with Crippen LogP contribution in [0.15, 0.2) is 5.10 Å². The molecule has 13 heavy (non-hydrogen) atoms. The summed E-state index contributed by atoms with van der Waals surface area (Å²) in [6.45, 7) is 4.08. The van der Waals surface area contributed by atoms with Crippen molar-refractivity contribution in [1.29, 1.82) is 0 Å². The molecule has 0 saturated carbocycles. The van der Waals surface area contributed by atoms with Gasteiger partial charge in [0.1, 0.15) is 0 Å². The number of hydrazone groups is 1. The second-order valence-corrected chi connectivity index (χ2v) is 4.36. The van der Waals surface area contributed by atoms with Crippen LogP contribution in [0.4, 0.5) is 0 Å². The average molecular weight is 200 g/mol. The summed E-state index contributed by atoms with van der Waals surface area (Å²) in [6, 6.07) is 0. The third-order valence-electron chi connectivity index (χ3n) is 2.09. The lowest BCUT2D eigenvalue weighted by molar-refractivity contribution is -0.121. The molecule has 0 aromatic heterocycles. The van der Waals surface area contributed by atoms with E-state index in [1.807, 2.05) is 18.7 Å². The highest BCUT2D eigenvalue weighted by Crippen LogP contribution is 2.15. The fraction of sp³-hybridized carbons (Fsp3) is 0.778. The lowest BCUT2D eigenvalue weighted by atomic mass is 10.1. The molecule has 1 N–H and O–H groups in total. The highest BCUT2D eigenvalue weighted by molar-refractivity contribution is 7.99. The number of carbonyl (C=O) groups is 1. The van der Waals surface area contributed by atoms with Gasteiger partial charge >= 0.3 is 0 Å². The Bertz CT molecular complexity index is 216. The summed E-state index contributed by atoms with van der Waals surface area (Å²) in [5, 5.41) is 3.90. The average Bonchev–Trinajstić information content (AvgIpc) is 2.42. The molecule has 0 aliphatic carbocycles. The summed E-state index contributed by atoms with van der Waals surface area (Å²) in [6.07, 6.45) is 2.45. The normalized spacial score (nSPS) is 21.5. The Kier molecular flexibility index (Phi) is 4.28. The van der Waals surface area contributed by atoms with Gasteiger partial charge in [-0.3, -0.25) is 4.79 Å². The molecule has 4 heteroatoms. The molecule has 1 amide bonds.